The van der Waals surface area contributed by atoms with Crippen LogP contribution in [0.5, 0.6) is 5.75 Å². The van der Waals surface area contributed by atoms with E-state index >= 15 is 0 Å². The largest absolute Gasteiger partial charge is 0.497 e. The van der Waals surface area contributed by atoms with Gasteiger partial charge in [-0.15, -0.1) is 0 Å². The van der Waals surface area contributed by atoms with Crippen molar-refractivity contribution >= 4 is 30.0 Å². The number of hydrogen-bond donors (Lipinski definition) is 2. The number of carbonyl (C=O) groups is 5. The summed E-state index contributed by atoms with van der Waals surface area (Å²) < 4.78 is 21.5. The van der Waals surface area contributed by atoms with E-state index in [1.807, 2.05) is 30.3 Å². The maximum absolute atomic E-state index is 14.3. The molecule has 1 heterocycles. The Kier molecular flexibility index (Phi) is 14.5. The van der Waals surface area contributed by atoms with Gasteiger partial charge >= 0.3 is 18.2 Å². The Hall–Kier alpha value is -4.81. The number of benzene rings is 2. The Bertz CT molecular complexity index is 1440. The second kappa shape index (κ2) is 18.3. The molecular weight excluding hydrogens is 644 g/mol. The predicted molar refractivity (Wildman–Crippen MR) is 186 cm³/mol. The van der Waals surface area contributed by atoms with Crippen LogP contribution in [-0.4, -0.2) is 96.3 Å². The van der Waals surface area contributed by atoms with Gasteiger partial charge in [0.15, 0.2) is 0 Å². The molecule has 3 rings (SSSR count). The van der Waals surface area contributed by atoms with Crippen molar-refractivity contribution in [3.63, 3.8) is 0 Å². The molecule has 2 aromatic rings. The number of nitrogens with zero attached hydrogens (tertiary/aromatic N) is 2. The molecule has 0 saturated carbocycles. The summed E-state index contributed by atoms with van der Waals surface area (Å²) in [4.78, 5) is 68.9. The van der Waals surface area contributed by atoms with Crippen LogP contribution in [0.2, 0.25) is 0 Å². The summed E-state index contributed by atoms with van der Waals surface area (Å²) in [7, 11) is 1.55. The van der Waals surface area contributed by atoms with Crippen LogP contribution < -0.4 is 15.4 Å². The number of ether oxygens (including phenoxy) is 4. The lowest BCUT2D eigenvalue weighted by atomic mass is 9.99. The minimum Gasteiger partial charge on any atom is -0.497 e. The second-order valence-electron chi connectivity index (χ2n) is 14.1. The Balaban J connectivity index is 1.79. The number of amides is 4. The van der Waals surface area contributed by atoms with Gasteiger partial charge in [-0.2, -0.15) is 0 Å². The number of unbranched alkanes of at least 4 members (excludes halogenated alkanes) is 1. The van der Waals surface area contributed by atoms with E-state index in [9.17, 15) is 24.0 Å². The molecule has 13 nitrogen and oxygen atoms in total. The smallest absolute Gasteiger partial charge is 0.408 e. The van der Waals surface area contributed by atoms with Crippen LogP contribution in [0.4, 0.5) is 9.59 Å². The molecule has 1 saturated heterocycles. The normalized spacial score (nSPS) is 15.5. The molecule has 2 N–H and O–H groups in total. The molecule has 0 radical (unpaired) electrons. The fourth-order valence-corrected chi connectivity index (χ4v) is 5.34. The summed E-state index contributed by atoms with van der Waals surface area (Å²) in [6, 6.07) is 14.3. The lowest BCUT2D eigenvalue weighted by Crippen LogP contribution is -2.63. The molecule has 2 atom stereocenters. The van der Waals surface area contributed by atoms with E-state index in [1.54, 1.807) is 72.9 Å². The molecule has 50 heavy (non-hydrogen) atoms. The first kappa shape index (κ1) is 39.6. The molecule has 1 fully saturated rings. The lowest BCUT2D eigenvalue weighted by Gasteiger charge is -2.42. The third-order valence-electron chi connectivity index (χ3n) is 7.58. The van der Waals surface area contributed by atoms with Crippen molar-refractivity contribution in [1.29, 1.82) is 0 Å². The van der Waals surface area contributed by atoms with Crippen LogP contribution in [0.3, 0.4) is 0 Å². The molecule has 0 bridgehead atoms. The Labute approximate surface area is 294 Å². The first-order chi connectivity index (χ1) is 23.5. The van der Waals surface area contributed by atoms with Gasteiger partial charge in [-0.3, -0.25) is 14.4 Å². The highest BCUT2D eigenvalue weighted by molar-refractivity contribution is 5.93. The predicted octanol–water partition coefficient (Wildman–Crippen LogP) is 4.61. The summed E-state index contributed by atoms with van der Waals surface area (Å²) in [6.07, 6.45) is 0.0578. The van der Waals surface area contributed by atoms with Gasteiger partial charge in [0.05, 0.1) is 7.11 Å². The fraction of sp³-hybridized carbons (Fsp3) is 0.541. The molecule has 1 aliphatic rings. The number of carbonyl (C=O) groups excluding carboxylic acids is 5. The van der Waals surface area contributed by atoms with Gasteiger partial charge in [-0.25, -0.2) is 9.59 Å². The third kappa shape index (κ3) is 13.6. The average Bonchev–Trinajstić information content (AvgIpc) is 3.03. The van der Waals surface area contributed by atoms with E-state index in [2.05, 4.69) is 10.6 Å². The number of nitrogens with one attached hydrogen (secondary N) is 2. The zero-order chi connectivity index (χ0) is 36.9. The fourth-order valence-electron chi connectivity index (χ4n) is 5.34. The standard InChI is InChI=1S/C37H52N4O9/c1-36(2,3)49-31(42)24-40-21-22-41(30(33(40)44)15-11-12-20-38-34(45)50-37(4,5)6)32(43)29(23-26-16-18-28(47-7)19-17-26)39-35(46)48-25-27-13-9-8-10-14-27/h8-10,13-14,16-19,29-30H,11-12,15,20-25H2,1-7H3,(H,38,45)(H,39,46). The first-order valence-corrected chi connectivity index (χ1v) is 16.9. The van der Waals surface area contributed by atoms with E-state index in [0.29, 0.717) is 25.1 Å². The van der Waals surface area contributed by atoms with Crippen molar-refractivity contribution in [1.82, 2.24) is 20.4 Å². The van der Waals surface area contributed by atoms with Crippen LogP contribution in [0.25, 0.3) is 0 Å². The minimum atomic E-state index is -1.06. The van der Waals surface area contributed by atoms with E-state index in [1.165, 1.54) is 9.80 Å². The molecule has 274 valence electrons. The van der Waals surface area contributed by atoms with Gasteiger partial charge in [0, 0.05) is 26.1 Å². The van der Waals surface area contributed by atoms with E-state index < -0.39 is 53.3 Å². The molecule has 1 aliphatic heterocycles. The molecule has 2 aromatic carbocycles. The van der Waals surface area contributed by atoms with Crippen LogP contribution in [0.15, 0.2) is 54.6 Å². The zero-order valence-corrected chi connectivity index (χ0v) is 30.3. The first-order valence-electron chi connectivity index (χ1n) is 16.9. The highest BCUT2D eigenvalue weighted by Crippen LogP contribution is 2.21. The van der Waals surface area contributed by atoms with Crippen LogP contribution in [-0.2, 0) is 41.6 Å². The topological polar surface area (TPSA) is 153 Å². The van der Waals surface area contributed by atoms with Gasteiger partial charge in [0.2, 0.25) is 11.8 Å². The molecule has 0 aliphatic carbocycles. The summed E-state index contributed by atoms with van der Waals surface area (Å²) in [6.45, 7) is 10.9. The second-order valence-corrected chi connectivity index (χ2v) is 14.1. The number of methoxy groups -OCH3 is 1. The highest BCUT2D eigenvalue weighted by atomic mass is 16.6. The van der Waals surface area contributed by atoms with Crippen LogP contribution in [0, 0.1) is 0 Å². The molecule has 0 spiro atoms. The van der Waals surface area contributed by atoms with Crippen molar-refractivity contribution in [3.05, 3.63) is 65.7 Å². The van der Waals surface area contributed by atoms with Gasteiger partial charge in [0.1, 0.15) is 42.2 Å². The van der Waals surface area contributed by atoms with Gasteiger partial charge in [-0.1, -0.05) is 42.5 Å². The third-order valence-corrected chi connectivity index (χ3v) is 7.58. The van der Waals surface area contributed by atoms with Crippen molar-refractivity contribution in [2.75, 3.05) is 33.3 Å². The number of esters is 1. The van der Waals surface area contributed by atoms with Gasteiger partial charge < -0.3 is 39.4 Å². The van der Waals surface area contributed by atoms with Crippen LogP contribution >= 0.6 is 0 Å². The molecular formula is C37H52N4O9. The van der Waals surface area contributed by atoms with E-state index in [-0.39, 0.29) is 39.1 Å². The van der Waals surface area contributed by atoms with Crippen molar-refractivity contribution < 1.29 is 42.9 Å². The maximum Gasteiger partial charge on any atom is 0.408 e. The monoisotopic (exact) mass is 696 g/mol. The summed E-state index contributed by atoms with van der Waals surface area (Å²) in [5.41, 5.74) is 0.177. The minimum absolute atomic E-state index is 0.0118. The van der Waals surface area contributed by atoms with Crippen LogP contribution in [0.1, 0.15) is 71.9 Å². The van der Waals surface area contributed by atoms with Crippen molar-refractivity contribution in [2.24, 2.45) is 0 Å². The number of alkyl carbamates (subject to hydrolysis) is 2. The highest BCUT2D eigenvalue weighted by Gasteiger charge is 2.40. The number of rotatable bonds is 14. The van der Waals surface area contributed by atoms with Gasteiger partial charge in [0.25, 0.3) is 0 Å². The quantitative estimate of drug-likeness (QED) is 0.164. The van der Waals surface area contributed by atoms with Crippen molar-refractivity contribution in [2.45, 2.75) is 97.1 Å². The summed E-state index contributed by atoms with van der Waals surface area (Å²) in [5, 5.41) is 5.44. The average molecular weight is 697 g/mol. The number of hydrogen-bond acceptors (Lipinski definition) is 9. The SMILES string of the molecule is COc1ccc(CC(NC(=O)OCc2ccccc2)C(=O)N2CCN(CC(=O)OC(C)(C)C)C(=O)C2CCCCNC(=O)OC(C)(C)C)cc1. The molecule has 0 aromatic heterocycles. The molecule has 13 heteroatoms. The maximum atomic E-state index is 14.3. The Morgan fingerprint density at radius 3 is 2.12 bits per heavy atom. The lowest BCUT2D eigenvalue weighted by molar-refractivity contribution is -0.163. The summed E-state index contributed by atoms with van der Waals surface area (Å²) >= 11 is 0. The Morgan fingerprint density at radius 2 is 1.50 bits per heavy atom. The van der Waals surface area contributed by atoms with E-state index in [4.69, 9.17) is 18.9 Å². The number of piperazine rings is 1. The van der Waals surface area contributed by atoms with Gasteiger partial charge in [-0.05, 0) is 84.1 Å². The van der Waals surface area contributed by atoms with Crippen molar-refractivity contribution in [3.8, 4) is 5.75 Å². The molecule has 2 unspecified atom stereocenters. The molecule has 4 amide bonds. The Morgan fingerprint density at radius 1 is 0.840 bits per heavy atom. The zero-order valence-electron chi connectivity index (χ0n) is 30.3. The summed E-state index contributed by atoms with van der Waals surface area (Å²) in [5.74, 6) is -0.768. The van der Waals surface area contributed by atoms with E-state index in [0.717, 1.165) is 11.1 Å².